The highest BCUT2D eigenvalue weighted by Crippen LogP contribution is 2.45. The number of nitrogens with two attached hydrogens (primary N) is 1. The predicted molar refractivity (Wildman–Crippen MR) is 86.6 cm³/mol. The molecule has 0 aromatic carbocycles. The van der Waals surface area contributed by atoms with Gasteiger partial charge in [-0.2, -0.15) is 0 Å². The first-order chi connectivity index (χ1) is 10.2. The lowest BCUT2D eigenvalue weighted by Crippen LogP contribution is -2.03. The fourth-order valence-corrected chi connectivity index (χ4v) is 3.35. The summed E-state index contributed by atoms with van der Waals surface area (Å²) in [5.41, 5.74) is 6.55. The van der Waals surface area contributed by atoms with Gasteiger partial charge in [-0.05, 0) is 32.1 Å². The molecule has 6 heteroatoms. The summed E-state index contributed by atoms with van der Waals surface area (Å²) >= 11 is 1.42. The molecule has 5 nitrogen and oxygen atoms in total. The summed E-state index contributed by atoms with van der Waals surface area (Å²) in [4.78, 5) is 12.8. The van der Waals surface area contributed by atoms with Gasteiger partial charge >= 0.3 is 0 Å². The number of nitrogen functional groups attached to an aromatic ring is 1. The highest BCUT2D eigenvalue weighted by Gasteiger charge is 2.34. The molecular formula is C15H24N2O3S. The zero-order chi connectivity index (χ0) is 15.2. The average molecular weight is 312 g/mol. The van der Waals surface area contributed by atoms with E-state index in [-0.39, 0.29) is 11.7 Å². The van der Waals surface area contributed by atoms with Crippen LogP contribution in [-0.2, 0) is 4.74 Å². The van der Waals surface area contributed by atoms with Crippen molar-refractivity contribution in [3.8, 4) is 5.75 Å². The van der Waals surface area contributed by atoms with E-state index in [1.807, 2.05) is 0 Å². The number of carbonyl (C=O) groups is 1. The summed E-state index contributed by atoms with van der Waals surface area (Å²) in [6.45, 7) is 1.65. The van der Waals surface area contributed by atoms with Gasteiger partial charge in [0.2, 0.25) is 0 Å². The molecule has 0 radical (unpaired) electrons. The third-order valence-electron chi connectivity index (χ3n) is 3.59. The zero-order valence-corrected chi connectivity index (χ0v) is 13.6. The smallest absolute Gasteiger partial charge is 0.178 e. The van der Waals surface area contributed by atoms with Crippen molar-refractivity contribution in [3.63, 3.8) is 0 Å². The van der Waals surface area contributed by atoms with Gasteiger partial charge in [-0.15, -0.1) is 11.3 Å². The first kappa shape index (κ1) is 16.1. The second kappa shape index (κ2) is 7.66. The van der Waals surface area contributed by atoms with Crippen molar-refractivity contribution >= 4 is 27.8 Å². The summed E-state index contributed by atoms with van der Waals surface area (Å²) in [6, 6.07) is 0. The zero-order valence-electron chi connectivity index (χ0n) is 12.7. The van der Waals surface area contributed by atoms with Crippen LogP contribution in [0.2, 0.25) is 0 Å². The monoisotopic (exact) mass is 312 g/mol. The molecular weight excluding hydrogens is 288 g/mol. The maximum atomic E-state index is 12.2. The second-order valence-electron chi connectivity index (χ2n) is 5.33. The van der Waals surface area contributed by atoms with Crippen LogP contribution in [-0.4, -0.2) is 33.2 Å². The Morgan fingerprint density at radius 3 is 2.71 bits per heavy atom. The minimum Gasteiger partial charge on any atom is -0.492 e. The minimum absolute atomic E-state index is 0.170. The quantitative estimate of drug-likeness (QED) is 0.513. The van der Waals surface area contributed by atoms with Gasteiger partial charge < -0.3 is 20.5 Å². The van der Waals surface area contributed by atoms with E-state index in [0.717, 1.165) is 50.3 Å². The summed E-state index contributed by atoms with van der Waals surface area (Å²) in [5, 5.41) is 4.20. The molecule has 3 N–H and O–H groups in total. The normalized spacial score (nSPS) is 14.2. The van der Waals surface area contributed by atoms with Gasteiger partial charge in [-0.3, -0.25) is 4.79 Å². The molecule has 1 saturated carbocycles. The van der Waals surface area contributed by atoms with E-state index in [1.54, 1.807) is 14.2 Å². The first-order valence-corrected chi connectivity index (χ1v) is 8.24. The Kier molecular flexibility index (Phi) is 5.87. The molecule has 118 valence electrons. The van der Waals surface area contributed by atoms with Crippen molar-refractivity contribution < 1.29 is 14.3 Å². The maximum absolute atomic E-state index is 12.2. The van der Waals surface area contributed by atoms with Gasteiger partial charge in [0.25, 0.3) is 0 Å². The lowest BCUT2D eigenvalue weighted by atomic mass is 10.2. The number of ketones is 1. The van der Waals surface area contributed by atoms with Gasteiger partial charge in [0.1, 0.15) is 5.00 Å². The molecule has 0 bridgehead atoms. The van der Waals surface area contributed by atoms with Crippen LogP contribution in [0.15, 0.2) is 0 Å². The van der Waals surface area contributed by atoms with Crippen LogP contribution < -0.4 is 15.8 Å². The molecule has 2 rings (SSSR count). The van der Waals surface area contributed by atoms with Crippen LogP contribution in [0.5, 0.6) is 5.75 Å². The van der Waals surface area contributed by atoms with Crippen LogP contribution in [0, 0.1) is 5.92 Å². The van der Waals surface area contributed by atoms with E-state index in [4.69, 9.17) is 15.2 Å². The van der Waals surface area contributed by atoms with Crippen molar-refractivity contribution in [3.05, 3.63) is 4.88 Å². The Morgan fingerprint density at radius 1 is 1.33 bits per heavy atom. The average Bonchev–Trinajstić information content (AvgIpc) is 3.27. The highest BCUT2D eigenvalue weighted by atomic mass is 32.1. The molecule has 0 saturated heterocycles. The molecule has 1 heterocycles. The van der Waals surface area contributed by atoms with E-state index in [0.29, 0.717) is 16.3 Å². The Hall–Kier alpha value is -1.27. The first-order valence-electron chi connectivity index (χ1n) is 7.42. The largest absolute Gasteiger partial charge is 0.492 e. The SMILES string of the molecule is COCCCCCNc1sc(C(=O)C2CC2)c(N)c1OC. The number of hydrogen-bond acceptors (Lipinski definition) is 6. The fourth-order valence-electron chi connectivity index (χ4n) is 2.21. The molecule has 0 spiro atoms. The molecule has 0 aliphatic heterocycles. The van der Waals surface area contributed by atoms with E-state index in [2.05, 4.69) is 5.32 Å². The second-order valence-corrected chi connectivity index (χ2v) is 6.35. The highest BCUT2D eigenvalue weighted by molar-refractivity contribution is 7.19. The van der Waals surface area contributed by atoms with E-state index < -0.39 is 0 Å². The number of carbonyl (C=O) groups excluding carboxylic acids is 1. The standard InChI is InChI=1S/C15H24N2O3S/c1-19-9-5-3-4-8-17-15-13(20-2)11(16)14(21-15)12(18)10-6-7-10/h10,17H,3-9,16H2,1-2H3. The Morgan fingerprint density at radius 2 is 2.10 bits per heavy atom. The Labute approximate surface area is 129 Å². The third-order valence-corrected chi connectivity index (χ3v) is 4.75. The molecule has 0 amide bonds. The van der Waals surface area contributed by atoms with E-state index in [1.165, 1.54) is 11.3 Å². The summed E-state index contributed by atoms with van der Waals surface area (Å²) in [6.07, 6.45) is 5.20. The molecule has 1 fully saturated rings. The van der Waals surface area contributed by atoms with Gasteiger partial charge in [-0.25, -0.2) is 0 Å². The van der Waals surface area contributed by atoms with Gasteiger partial charge in [0.15, 0.2) is 11.5 Å². The molecule has 1 aliphatic rings. The van der Waals surface area contributed by atoms with Crippen LogP contribution in [0.1, 0.15) is 41.8 Å². The van der Waals surface area contributed by atoms with Crippen LogP contribution in [0.4, 0.5) is 10.7 Å². The van der Waals surface area contributed by atoms with Crippen molar-refractivity contribution in [1.29, 1.82) is 0 Å². The molecule has 0 unspecified atom stereocenters. The van der Waals surface area contributed by atoms with Crippen LogP contribution in [0.25, 0.3) is 0 Å². The van der Waals surface area contributed by atoms with Crippen LogP contribution >= 0.6 is 11.3 Å². The number of nitrogens with one attached hydrogen (secondary N) is 1. The number of anilines is 2. The van der Waals surface area contributed by atoms with Crippen molar-refractivity contribution in [2.45, 2.75) is 32.1 Å². The fraction of sp³-hybridized carbons (Fsp3) is 0.667. The van der Waals surface area contributed by atoms with Gasteiger partial charge in [-0.1, -0.05) is 0 Å². The number of thiophene rings is 1. The lowest BCUT2D eigenvalue weighted by molar-refractivity contribution is 0.0972. The number of unbranched alkanes of at least 4 members (excludes halogenated alkanes) is 2. The molecule has 21 heavy (non-hydrogen) atoms. The number of Topliss-reactive ketones (excluding diaryl/α,β-unsaturated/α-hetero) is 1. The number of methoxy groups -OCH3 is 2. The van der Waals surface area contributed by atoms with Gasteiger partial charge in [0.05, 0.1) is 17.7 Å². The van der Waals surface area contributed by atoms with E-state index in [9.17, 15) is 4.79 Å². The van der Waals surface area contributed by atoms with Crippen molar-refractivity contribution in [1.82, 2.24) is 0 Å². The topological polar surface area (TPSA) is 73.6 Å². The third kappa shape index (κ3) is 4.11. The maximum Gasteiger partial charge on any atom is 0.178 e. The van der Waals surface area contributed by atoms with Crippen molar-refractivity contribution in [2.75, 3.05) is 38.4 Å². The number of rotatable bonds is 10. The molecule has 0 atom stereocenters. The summed E-state index contributed by atoms with van der Waals surface area (Å²) in [7, 11) is 3.31. The lowest BCUT2D eigenvalue weighted by Gasteiger charge is -2.06. The number of hydrogen-bond donors (Lipinski definition) is 2. The predicted octanol–water partition coefficient (Wildman–Crippen LogP) is 3.16. The Bertz CT molecular complexity index is 484. The Balaban J connectivity index is 1.92. The van der Waals surface area contributed by atoms with E-state index >= 15 is 0 Å². The van der Waals surface area contributed by atoms with Crippen molar-refractivity contribution in [2.24, 2.45) is 5.92 Å². The summed E-state index contributed by atoms with van der Waals surface area (Å²) in [5.74, 6) is 0.961. The molecule has 1 aliphatic carbocycles. The molecule has 1 aromatic rings. The minimum atomic E-state index is 0.170. The molecule has 1 aromatic heterocycles. The van der Waals surface area contributed by atoms with Crippen LogP contribution in [0.3, 0.4) is 0 Å². The number of ether oxygens (including phenoxy) is 2. The summed E-state index contributed by atoms with van der Waals surface area (Å²) < 4.78 is 10.4. The van der Waals surface area contributed by atoms with Gasteiger partial charge in [0, 0.05) is 26.2 Å².